The van der Waals surface area contributed by atoms with Gasteiger partial charge in [0.25, 0.3) is 0 Å². The van der Waals surface area contributed by atoms with Crippen LogP contribution >= 0.6 is 0 Å². The summed E-state index contributed by atoms with van der Waals surface area (Å²) in [7, 11) is 0. The lowest BCUT2D eigenvalue weighted by Gasteiger charge is -2.05. The number of hydrogen-bond donors (Lipinski definition) is 1. The Morgan fingerprint density at radius 3 is 2.73 bits per heavy atom. The molecule has 80 valence electrons. The van der Waals surface area contributed by atoms with Gasteiger partial charge in [-0.2, -0.15) is 0 Å². The van der Waals surface area contributed by atoms with Crippen molar-refractivity contribution in [3.05, 3.63) is 29.2 Å². The number of fused-ring (bicyclic) bond motifs is 1. The average molecular weight is 207 g/mol. The molecule has 1 aromatic carbocycles. The molecule has 2 nitrogen and oxygen atoms in total. The Morgan fingerprint density at radius 2 is 2.07 bits per heavy atom. The van der Waals surface area contributed by atoms with Crippen LogP contribution in [0, 0.1) is 19.7 Å². The second kappa shape index (κ2) is 3.57. The minimum absolute atomic E-state index is 0.267. The molecule has 2 rings (SSSR count). The van der Waals surface area contributed by atoms with Crippen molar-refractivity contribution in [3.63, 3.8) is 0 Å². The molecule has 2 aromatic rings. The van der Waals surface area contributed by atoms with Crippen molar-refractivity contribution in [1.82, 2.24) is 4.98 Å². The Labute approximate surface area is 88.1 Å². The predicted molar refractivity (Wildman–Crippen MR) is 58.9 cm³/mol. The monoisotopic (exact) mass is 207 g/mol. The Balaban J connectivity index is 2.71. The van der Waals surface area contributed by atoms with Crippen LogP contribution in [0.25, 0.3) is 10.9 Å². The number of aromatic nitrogens is 1. The molecule has 0 radical (unpaired) electrons. The number of halogens is 1. The van der Waals surface area contributed by atoms with Crippen LogP contribution in [-0.2, 0) is 0 Å². The number of benzene rings is 1. The first-order valence-corrected chi connectivity index (χ1v) is 5.05. The van der Waals surface area contributed by atoms with Crippen molar-refractivity contribution in [1.29, 1.82) is 0 Å². The smallest absolute Gasteiger partial charge is 0.174 e. The van der Waals surface area contributed by atoms with Crippen molar-refractivity contribution in [2.24, 2.45) is 0 Å². The maximum absolute atomic E-state index is 14.0. The van der Waals surface area contributed by atoms with Gasteiger partial charge in [0, 0.05) is 16.6 Å². The highest BCUT2D eigenvalue weighted by Crippen LogP contribution is 2.30. The standard InChI is InChI=1S/C12H14FNO/c1-4-15-10-6-5-9-11(12(10)13)7(2)8(3)14-9/h5-6,14H,4H2,1-3H3. The fourth-order valence-electron chi connectivity index (χ4n) is 1.78. The molecule has 0 aliphatic heterocycles. The first-order chi connectivity index (χ1) is 7.15. The summed E-state index contributed by atoms with van der Waals surface area (Å²) in [6.07, 6.45) is 0. The molecule has 0 atom stereocenters. The van der Waals surface area contributed by atoms with E-state index in [2.05, 4.69) is 4.98 Å². The van der Waals surface area contributed by atoms with Gasteiger partial charge < -0.3 is 9.72 Å². The Morgan fingerprint density at radius 1 is 1.33 bits per heavy atom. The van der Waals surface area contributed by atoms with E-state index in [0.29, 0.717) is 17.7 Å². The molecular formula is C12H14FNO. The van der Waals surface area contributed by atoms with Crippen LogP contribution in [0.4, 0.5) is 4.39 Å². The lowest BCUT2D eigenvalue weighted by Crippen LogP contribution is -1.94. The van der Waals surface area contributed by atoms with Gasteiger partial charge in [0.2, 0.25) is 0 Å². The molecule has 0 spiro atoms. The van der Waals surface area contributed by atoms with Crippen LogP contribution in [0.2, 0.25) is 0 Å². The SMILES string of the molecule is CCOc1ccc2[nH]c(C)c(C)c2c1F. The van der Waals surface area contributed by atoms with E-state index >= 15 is 0 Å². The molecule has 1 N–H and O–H groups in total. The van der Waals surface area contributed by atoms with Crippen LogP contribution in [0.3, 0.4) is 0 Å². The lowest BCUT2D eigenvalue weighted by molar-refractivity contribution is 0.323. The van der Waals surface area contributed by atoms with E-state index in [1.165, 1.54) is 0 Å². The van der Waals surface area contributed by atoms with Crippen molar-refractivity contribution in [2.75, 3.05) is 6.61 Å². The molecule has 3 heteroatoms. The zero-order valence-electron chi connectivity index (χ0n) is 9.15. The van der Waals surface area contributed by atoms with E-state index in [1.54, 1.807) is 6.07 Å². The molecule has 15 heavy (non-hydrogen) atoms. The van der Waals surface area contributed by atoms with Gasteiger partial charge in [0.05, 0.1) is 6.61 Å². The van der Waals surface area contributed by atoms with Crippen molar-refractivity contribution in [2.45, 2.75) is 20.8 Å². The van der Waals surface area contributed by atoms with Gasteiger partial charge >= 0.3 is 0 Å². The summed E-state index contributed by atoms with van der Waals surface area (Å²) in [6, 6.07) is 3.51. The van der Waals surface area contributed by atoms with Gasteiger partial charge in [0.1, 0.15) is 0 Å². The number of aromatic amines is 1. The number of aryl methyl sites for hydroxylation is 2. The second-order valence-electron chi connectivity index (χ2n) is 3.61. The van der Waals surface area contributed by atoms with Crippen LogP contribution in [-0.4, -0.2) is 11.6 Å². The fourth-order valence-corrected chi connectivity index (χ4v) is 1.78. The second-order valence-corrected chi connectivity index (χ2v) is 3.61. The molecule has 0 saturated heterocycles. The fraction of sp³-hybridized carbons (Fsp3) is 0.333. The zero-order valence-corrected chi connectivity index (χ0v) is 9.15. The third kappa shape index (κ3) is 1.48. The van der Waals surface area contributed by atoms with Crippen molar-refractivity contribution >= 4 is 10.9 Å². The molecule has 0 saturated carbocycles. The van der Waals surface area contributed by atoms with Gasteiger partial charge in [-0.3, -0.25) is 0 Å². The Hall–Kier alpha value is -1.51. The third-order valence-electron chi connectivity index (χ3n) is 2.67. The topological polar surface area (TPSA) is 25.0 Å². The van der Waals surface area contributed by atoms with Crippen molar-refractivity contribution in [3.8, 4) is 5.75 Å². The number of nitrogens with one attached hydrogen (secondary N) is 1. The van der Waals surface area contributed by atoms with Crippen LogP contribution in [0.5, 0.6) is 5.75 Å². The summed E-state index contributed by atoms with van der Waals surface area (Å²) in [4.78, 5) is 3.14. The third-order valence-corrected chi connectivity index (χ3v) is 2.67. The summed E-state index contributed by atoms with van der Waals surface area (Å²) in [5, 5.41) is 0.637. The van der Waals surface area contributed by atoms with E-state index < -0.39 is 0 Å². The number of H-pyrrole nitrogens is 1. The molecule has 1 heterocycles. The minimum atomic E-state index is -0.267. The average Bonchev–Trinajstić information content (AvgIpc) is 2.49. The summed E-state index contributed by atoms with van der Waals surface area (Å²) < 4.78 is 19.2. The lowest BCUT2D eigenvalue weighted by atomic mass is 10.1. The number of hydrogen-bond acceptors (Lipinski definition) is 1. The molecule has 1 aromatic heterocycles. The Kier molecular flexibility index (Phi) is 2.39. The maximum Gasteiger partial charge on any atom is 0.174 e. The van der Waals surface area contributed by atoms with E-state index in [0.717, 1.165) is 16.8 Å². The van der Waals surface area contributed by atoms with Crippen molar-refractivity contribution < 1.29 is 9.13 Å². The van der Waals surface area contributed by atoms with Gasteiger partial charge in [-0.25, -0.2) is 4.39 Å². The summed E-state index contributed by atoms with van der Waals surface area (Å²) in [5.74, 6) is 0.0586. The highest BCUT2D eigenvalue weighted by atomic mass is 19.1. The van der Waals surface area contributed by atoms with E-state index in [-0.39, 0.29) is 5.82 Å². The van der Waals surface area contributed by atoms with E-state index in [4.69, 9.17) is 4.74 Å². The first-order valence-electron chi connectivity index (χ1n) is 5.05. The quantitative estimate of drug-likeness (QED) is 0.802. The molecule has 0 bridgehead atoms. The van der Waals surface area contributed by atoms with Crippen LogP contribution < -0.4 is 4.74 Å². The van der Waals surface area contributed by atoms with Crippen LogP contribution in [0.15, 0.2) is 12.1 Å². The molecule has 0 fully saturated rings. The van der Waals surface area contributed by atoms with Crippen LogP contribution in [0.1, 0.15) is 18.2 Å². The molecule has 0 aliphatic rings. The number of rotatable bonds is 2. The van der Waals surface area contributed by atoms with Gasteiger partial charge in [0.15, 0.2) is 11.6 Å². The molecule has 0 aliphatic carbocycles. The zero-order chi connectivity index (χ0) is 11.0. The highest BCUT2D eigenvalue weighted by molar-refractivity contribution is 5.86. The minimum Gasteiger partial charge on any atom is -0.491 e. The predicted octanol–water partition coefficient (Wildman–Crippen LogP) is 3.32. The van der Waals surface area contributed by atoms with E-state index in [1.807, 2.05) is 26.8 Å². The molecular weight excluding hydrogens is 193 g/mol. The summed E-state index contributed by atoms with van der Waals surface area (Å²) >= 11 is 0. The summed E-state index contributed by atoms with van der Waals surface area (Å²) in [6.45, 7) is 6.17. The molecule has 0 amide bonds. The number of ether oxygens (including phenoxy) is 1. The van der Waals surface area contributed by atoms with Gasteiger partial charge in [-0.1, -0.05) is 0 Å². The van der Waals surface area contributed by atoms with E-state index in [9.17, 15) is 4.39 Å². The highest BCUT2D eigenvalue weighted by Gasteiger charge is 2.13. The maximum atomic E-state index is 14.0. The first kappa shape index (κ1) is 10.0. The molecule has 0 unspecified atom stereocenters. The summed E-state index contributed by atoms with van der Waals surface area (Å²) in [5.41, 5.74) is 2.77. The van der Waals surface area contributed by atoms with Gasteiger partial charge in [-0.15, -0.1) is 0 Å². The van der Waals surface area contributed by atoms with Gasteiger partial charge in [-0.05, 0) is 38.5 Å². The normalized spacial score (nSPS) is 10.9. The largest absolute Gasteiger partial charge is 0.491 e. The Bertz CT molecular complexity index is 502.